The summed E-state index contributed by atoms with van der Waals surface area (Å²) in [6.45, 7) is 0.452. The molecule has 0 saturated heterocycles. The van der Waals surface area contributed by atoms with Gasteiger partial charge < -0.3 is 4.74 Å². The number of halogens is 2. The predicted octanol–water partition coefficient (Wildman–Crippen LogP) is 2.93. The highest BCUT2D eigenvalue weighted by Gasteiger charge is 2.15. The predicted molar refractivity (Wildman–Crippen MR) is 78.2 cm³/mol. The molecular weight excluding hydrogens is 400 g/mol. The molecule has 0 saturated carbocycles. The molecule has 0 atom stereocenters. The van der Waals surface area contributed by atoms with Crippen LogP contribution in [-0.2, 0) is 10.0 Å². The number of hydrogen-bond acceptors (Lipinski definition) is 4. The topological polar surface area (TPSA) is 93.2 Å². The molecule has 0 aliphatic heterocycles. The number of nitrogens with zero attached hydrogens (tertiary/aromatic N) is 1. The fraction of sp³-hybridized carbons (Fsp3) is 0.364. The van der Waals surface area contributed by atoms with Crippen LogP contribution in [-0.4, -0.2) is 15.0 Å². The number of nitrogens with two attached hydrogens (primary N) is 1. The number of benzene rings is 1. The molecule has 19 heavy (non-hydrogen) atoms. The molecule has 0 spiro atoms. The van der Waals surface area contributed by atoms with Crippen LogP contribution in [0.1, 0.15) is 19.3 Å². The maximum absolute atomic E-state index is 11.2. The smallest absolute Gasteiger partial charge is 0.238 e. The number of rotatable bonds is 6. The molecule has 1 aromatic rings. The lowest BCUT2D eigenvalue weighted by molar-refractivity contribution is 0.303. The van der Waals surface area contributed by atoms with E-state index in [4.69, 9.17) is 15.1 Å². The quantitative estimate of drug-likeness (QED) is 0.728. The molecule has 5 nitrogen and oxygen atoms in total. The average Bonchev–Trinajstić information content (AvgIpc) is 2.30. The number of unbranched alkanes of at least 4 members (excludes halogenated alkanes) is 2. The zero-order valence-electron chi connectivity index (χ0n) is 9.90. The first-order valence-electron chi connectivity index (χ1n) is 5.38. The fourth-order valence-electron chi connectivity index (χ4n) is 1.32. The Morgan fingerprint density at radius 3 is 2.32 bits per heavy atom. The summed E-state index contributed by atoms with van der Waals surface area (Å²) in [4.78, 5) is 0.00285. The van der Waals surface area contributed by atoms with Gasteiger partial charge in [-0.15, -0.1) is 0 Å². The lowest BCUT2D eigenvalue weighted by atomic mass is 10.2. The third kappa shape index (κ3) is 5.10. The van der Waals surface area contributed by atoms with E-state index in [0.29, 0.717) is 27.7 Å². The zero-order valence-corrected chi connectivity index (χ0v) is 13.9. The Morgan fingerprint density at radius 2 is 1.84 bits per heavy atom. The van der Waals surface area contributed by atoms with Gasteiger partial charge in [0.05, 0.1) is 26.5 Å². The van der Waals surface area contributed by atoms with Crippen molar-refractivity contribution in [2.75, 3.05) is 6.61 Å². The van der Waals surface area contributed by atoms with Gasteiger partial charge in [-0.3, -0.25) is 0 Å². The van der Waals surface area contributed by atoms with Crippen LogP contribution in [0.5, 0.6) is 5.75 Å². The van der Waals surface area contributed by atoms with Crippen LogP contribution >= 0.6 is 31.9 Å². The van der Waals surface area contributed by atoms with Crippen molar-refractivity contribution >= 4 is 41.9 Å². The van der Waals surface area contributed by atoms with Crippen LogP contribution in [0.4, 0.5) is 0 Å². The van der Waals surface area contributed by atoms with E-state index in [1.807, 2.05) is 0 Å². The Hall–Kier alpha value is -0.620. The van der Waals surface area contributed by atoms with Crippen molar-refractivity contribution in [2.45, 2.75) is 24.2 Å². The van der Waals surface area contributed by atoms with Gasteiger partial charge in [-0.05, 0) is 56.8 Å². The van der Waals surface area contributed by atoms with Crippen molar-refractivity contribution in [2.24, 2.45) is 5.14 Å². The van der Waals surface area contributed by atoms with E-state index in [2.05, 4.69) is 37.9 Å². The maximum Gasteiger partial charge on any atom is 0.238 e. The highest BCUT2D eigenvalue weighted by molar-refractivity contribution is 9.11. The second-order valence-electron chi connectivity index (χ2n) is 3.72. The lowest BCUT2D eigenvalue weighted by Crippen LogP contribution is -2.12. The van der Waals surface area contributed by atoms with Crippen molar-refractivity contribution < 1.29 is 13.2 Å². The molecule has 1 aromatic carbocycles. The largest absolute Gasteiger partial charge is 0.491 e. The molecule has 0 bridgehead atoms. The van der Waals surface area contributed by atoms with Gasteiger partial charge in [-0.1, -0.05) is 0 Å². The minimum absolute atomic E-state index is 0.00285. The van der Waals surface area contributed by atoms with Crippen molar-refractivity contribution in [3.8, 4) is 11.8 Å². The third-order valence-corrected chi connectivity index (χ3v) is 4.30. The SMILES string of the molecule is N#CCCCCOc1c(Br)cc(S(N)(=O)=O)cc1Br. The van der Waals surface area contributed by atoms with Crippen LogP contribution in [0.25, 0.3) is 0 Å². The molecule has 0 aliphatic rings. The van der Waals surface area contributed by atoms with Gasteiger partial charge in [0, 0.05) is 6.42 Å². The number of ether oxygens (including phenoxy) is 1. The Bertz CT molecular complexity index is 573. The number of primary sulfonamides is 1. The summed E-state index contributed by atoms with van der Waals surface area (Å²) >= 11 is 6.49. The molecule has 1 rings (SSSR count). The minimum atomic E-state index is -3.75. The summed E-state index contributed by atoms with van der Waals surface area (Å²) in [6.07, 6.45) is 2.01. The monoisotopic (exact) mass is 410 g/mol. The molecule has 0 aliphatic carbocycles. The van der Waals surface area contributed by atoms with E-state index in [9.17, 15) is 8.42 Å². The lowest BCUT2D eigenvalue weighted by Gasteiger charge is -2.11. The fourth-order valence-corrected chi connectivity index (χ4v) is 3.60. The number of nitriles is 1. The van der Waals surface area contributed by atoms with Crippen LogP contribution in [0.2, 0.25) is 0 Å². The summed E-state index contributed by atoms with van der Waals surface area (Å²) in [5, 5.41) is 13.5. The Morgan fingerprint density at radius 1 is 1.26 bits per heavy atom. The van der Waals surface area contributed by atoms with E-state index in [-0.39, 0.29) is 4.90 Å². The summed E-state index contributed by atoms with van der Waals surface area (Å²) in [7, 11) is -3.75. The van der Waals surface area contributed by atoms with Crippen molar-refractivity contribution in [1.82, 2.24) is 0 Å². The summed E-state index contributed by atoms with van der Waals surface area (Å²) in [6, 6.07) is 4.85. The number of sulfonamides is 1. The standard InChI is InChI=1S/C11H12Br2N2O3S/c12-9-6-8(19(15,16)17)7-10(13)11(9)18-5-3-1-2-4-14/h6-7H,1-3,5H2,(H2,15,16,17). The molecule has 0 unspecified atom stereocenters. The van der Waals surface area contributed by atoms with Gasteiger partial charge in [0.25, 0.3) is 0 Å². The molecular formula is C11H12Br2N2O3S. The maximum atomic E-state index is 11.2. The number of hydrogen-bond donors (Lipinski definition) is 1. The first kappa shape index (κ1) is 16.4. The Kier molecular flexibility index (Phi) is 6.26. The molecule has 0 fully saturated rings. The Labute approximate surface area is 129 Å². The third-order valence-electron chi connectivity index (χ3n) is 2.23. The first-order valence-corrected chi connectivity index (χ1v) is 8.51. The van der Waals surface area contributed by atoms with Crippen LogP contribution in [0.15, 0.2) is 26.0 Å². The molecule has 0 radical (unpaired) electrons. The zero-order chi connectivity index (χ0) is 14.5. The van der Waals surface area contributed by atoms with Gasteiger partial charge in [-0.2, -0.15) is 5.26 Å². The molecule has 8 heteroatoms. The van der Waals surface area contributed by atoms with Crippen molar-refractivity contribution in [3.63, 3.8) is 0 Å². The van der Waals surface area contributed by atoms with Crippen LogP contribution in [0.3, 0.4) is 0 Å². The van der Waals surface area contributed by atoms with Gasteiger partial charge in [0.2, 0.25) is 10.0 Å². The molecule has 0 amide bonds. The molecule has 104 valence electrons. The van der Waals surface area contributed by atoms with E-state index in [1.54, 1.807) is 0 Å². The van der Waals surface area contributed by atoms with E-state index >= 15 is 0 Å². The minimum Gasteiger partial charge on any atom is -0.491 e. The van der Waals surface area contributed by atoms with Crippen molar-refractivity contribution in [3.05, 3.63) is 21.1 Å². The second-order valence-corrected chi connectivity index (χ2v) is 6.99. The van der Waals surface area contributed by atoms with E-state index < -0.39 is 10.0 Å². The average molecular weight is 412 g/mol. The van der Waals surface area contributed by atoms with Crippen LogP contribution in [0, 0.1) is 11.3 Å². The molecule has 2 N–H and O–H groups in total. The van der Waals surface area contributed by atoms with Crippen LogP contribution < -0.4 is 9.88 Å². The second kappa shape index (κ2) is 7.24. The van der Waals surface area contributed by atoms with Gasteiger partial charge in [0.15, 0.2) is 0 Å². The Balaban J connectivity index is 2.79. The summed E-state index contributed by atoms with van der Waals surface area (Å²) in [5.41, 5.74) is 0. The van der Waals surface area contributed by atoms with Gasteiger partial charge in [-0.25, -0.2) is 13.6 Å². The molecule has 0 aromatic heterocycles. The highest BCUT2D eigenvalue weighted by Crippen LogP contribution is 2.35. The summed E-state index contributed by atoms with van der Waals surface area (Å²) < 4.78 is 29.0. The normalized spacial score (nSPS) is 11.1. The highest BCUT2D eigenvalue weighted by atomic mass is 79.9. The first-order chi connectivity index (χ1) is 8.86. The van der Waals surface area contributed by atoms with E-state index in [1.165, 1.54) is 12.1 Å². The van der Waals surface area contributed by atoms with E-state index in [0.717, 1.165) is 12.8 Å². The summed E-state index contributed by atoms with van der Waals surface area (Å²) in [5.74, 6) is 0.518. The molecule has 0 heterocycles. The van der Waals surface area contributed by atoms with Gasteiger partial charge in [0.1, 0.15) is 5.75 Å². The van der Waals surface area contributed by atoms with Crippen molar-refractivity contribution in [1.29, 1.82) is 5.26 Å². The van der Waals surface area contributed by atoms with Gasteiger partial charge >= 0.3 is 0 Å².